The van der Waals surface area contributed by atoms with Crippen LogP contribution in [0.25, 0.3) is 0 Å². The van der Waals surface area contributed by atoms with Crippen molar-refractivity contribution in [1.82, 2.24) is 4.90 Å². The van der Waals surface area contributed by atoms with Gasteiger partial charge in [0.05, 0.1) is 4.47 Å². The molecule has 0 spiro atoms. The molecular weight excluding hydrogens is 570 g/mol. The zero-order chi connectivity index (χ0) is 28.2. The molecule has 2 aromatic rings. The van der Waals surface area contributed by atoms with Crippen molar-refractivity contribution in [3.05, 3.63) is 58.0 Å². The van der Waals surface area contributed by atoms with E-state index in [2.05, 4.69) is 15.9 Å². The van der Waals surface area contributed by atoms with E-state index in [0.29, 0.717) is 16.7 Å². The first kappa shape index (κ1) is 30.8. The Kier molecular flexibility index (Phi) is 12.5. The molecule has 214 valence electrons. The van der Waals surface area contributed by atoms with Gasteiger partial charge in [-0.3, -0.25) is 9.59 Å². The number of hydrogen-bond acceptors (Lipinski definition) is 8. The fourth-order valence-corrected chi connectivity index (χ4v) is 5.22. The smallest absolute Gasteiger partial charge is 0.417 e. The van der Waals surface area contributed by atoms with E-state index in [1.807, 2.05) is 30.3 Å². The van der Waals surface area contributed by atoms with Crippen LogP contribution in [-0.4, -0.2) is 54.4 Å². The molecule has 10 heteroatoms. The number of imide groups is 1. The molecule has 0 aliphatic carbocycles. The van der Waals surface area contributed by atoms with Gasteiger partial charge >= 0.3 is 12.1 Å². The molecule has 1 N–H and O–H groups in total. The fraction of sp³-hybridized carbons (Fsp3) is 0.552. The zero-order valence-electron chi connectivity index (χ0n) is 22.6. The molecule has 2 heterocycles. The van der Waals surface area contributed by atoms with Crippen LogP contribution in [0.1, 0.15) is 87.5 Å². The number of methoxy groups -OCH3 is 1. The quantitative estimate of drug-likeness (QED) is 0.181. The molecule has 9 nitrogen and oxygen atoms in total. The maximum Gasteiger partial charge on any atom is 0.417 e. The van der Waals surface area contributed by atoms with Crippen molar-refractivity contribution < 1.29 is 38.1 Å². The van der Waals surface area contributed by atoms with E-state index in [1.54, 1.807) is 6.07 Å². The number of rotatable bonds is 16. The van der Waals surface area contributed by atoms with Crippen molar-refractivity contribution in [2.45, 2.75) is 83.0 Å². The second-order valence-corrected chi connectivity index (χ2v) is 10.5. The lowest BCUT2D eigenvalue weighted by Crippen LogP contribution is -2.45. The van der Waals surface area contributed by atoms with Crippen LogP contribution >= 0.6 is 15.9 Å². The van der Waals surface area contributed by atoms with Gasteiger partial charge in [-0.15, -0.1) is 0 Å². The second kappa shape index (κ2) is 15.8. The summed E-state index contributed by atoms with van der Waals surface area (Å²) in [5.41, 5.74) is 0.740. The number of aliphatic hydroxyl groups is 1. The number of esters is 1. The average molecular weight is 609 g/mol. The number of carbonyl (C=O) groups excluding carboxylic acids is 3. The Hall–Kier alpha value is -2.69. The summed E-state index contributed by atoms with van der Waals surface area (Å²) in [6, 6.07) is 10.2. The molecule has 3 rings (SSSR count). The van der Waals surface area contributed by atoms with E-state index >= 15 is 0 Å². The molecule has 0 unspecified atom stereocenters. The normalized spacial score (nSPS) is 16.7. The summed E-state index contributed by atoms with van der Waals surface area (Å²) in [6.07, 6.45) is 5.86. The first-order valence-electron chi connectivity index (χ1n) is 13.5. The number of unbranched alkanes of at least 4 members (excludes halogenated alkanes) is 7. The van der Waals surface area contributed by atoms with Gasteiger partial charge in [-0.25, -0.2) is 9.69 Å². The number of benzene rings is 1. The van der Waals surface area contributed by atoms with Crippen molar-refractivity contribution in [1.29, 1.82) is 0 Å². The summed E-state index contributed by atoms with van der Waals surface area (Å²) >= 11 is 3.53. The SMILES string of the molecule is CO[C@H](C(=O)N1C(=O)OC[C@@H]1c1ccccc1)[C@H](OC(C)=O)c1cc(Br)c(CCCCCCCCCCO)o1. The van der Waals surface area contributed by atoms with Gasteiger partial charge in [0.25, 0.3) is 5.91 Å². The van der Waals surface area contributed by atoms with E-state index < -0.39 is 36.2 Å². The zero-order valence-corrected chi connectivity index (χ0v) is 24.2. The second-order valence-electron chi connectivity index (χ2n) is 9.62. The summed E-state index contributed by atoms with van der Waals surface area (Å²) in [7, 11) is 1.32. The lowest BCUT2D eigenvalue weighted by atomic mass is 10.0. The first-order chi connectivity index (χ1) is 18.9. The topological polar surface area (TPSA) is 116 Å². The van der Waals surface area contributed by atoms with E-state index in [9.17, 15) is 14.4 Å². The number of nitrogens with zero attached hydrogens (tertiary/aromatic N) is 1. The van der Waals surface area contributed by atoms with Gasteiger partial charge < -0.3 is 23.7 Å². The molecule has 1 saturated heterocycles. The minimum Gasteiger partial charge on any atom is -0.461 e. The Morgan fingerprint density at radius 3 is 2.33 bits per heavy atom. The molecule has 1 aromatic heterocycles. The number of aliphatic hydroxyl groups excluding tert-OH is 1. The summed E-state index contributed by atoms with van der Waals surface area (Å²) in [5, 5.41) is 8.85. The van der Waals surface area contributed by atoms with Crippen LogP contribution in [0, 0.1) is 0 Å². The van der Waals surface area contributed by atoms with Crippen LogP contribution in [-0.2, 0) is 30.2 Å². The summed E-state index contributed by atoms with van der Waals surface area (Å²) < 4.78 is 23.0. The van der Waals surface area contributed by atoms with Gasteiger partial charge in [0, 0.05) is 27.1 Å². The maximum absolute atomic E-state index is 13.7. The lowest BCUT2D eigenvalue weighted by Gasteiger charge is -2.28. The van der Waals surface area contributed by atoms with Crippen LogP contribution in [0.4, 0.5) is 4.79 Å². The van der Waals surface area contributed by atoms with Gasteiger partial charge in [0.1, 0.15) is 24.2 Å². The molecule has 0 bridgehead atoms. The summed E-state index contributed by atoms with van der Waals surface area (Å²) in [5.74, 6) is -0.366. The Morgan fingerprint density at radius 2 is 1.72 bits per heavy atom. The van der Waals surface area contributed by atoms with Crippen LogP contribution in [0.15, 0.2) is 45.3 Å². The lowest BCUT2D eigenvalue weighted by molar-refractivity contribution is -0.164. The predicted octanol–water partition coefficient (Wildman–Crippen LogP) is 6.04. The van der Waals surface area contributed by atoms with Gasteiger partial charge in [0.2, 0.25) is 0 Å². The number of halogens is 1. The van der Waals surface area contributed by atoms with Gasteiger partial charge in [-0.05, 0) is 40.4 Å². The third-order valence-electron chi connectivity index (χ3n) is 6.73. The minimum absolute atomic E-state index is 0.0162. The Morgan fingerprint density at radius 1 is 1.08 bits per heavy atom. The average Bonchev–Trinajstić information content (AvgIpc) is 3.49. The van der Waals surface area contributed by atoms with E-state index in [-0.39, 0.29) is 19.0 Å². The molecular formula is C29H38BrNO8. The number of cyclic esters (lactones) is 1. The molecule has 0 saturated carbocycles. The highest BCUT2D eigenvalue weighted by Gasteiger charge is 2.46. The van der Waals surface area contributed by atoms with Gasteiger partial charge in [-0.1, -0.05) is 68.9 Å². The summed E-state index contributed by atoms with van der Waals surface area (Å²) in [6.45, 7) is 1.52. The number of hydrogen-bond donors (Lipinski definition) is 1. The van der Waals surface area contributed by atoms with Crippen molar-refractivity contribution in [2.24, 2.45) is 0 Å². The van der Waals surface area contributed by atoms with E-state index in [4.69, 9.17) is 23.7 Å². The standard InChI is InChI=1S/C29H38BrNO8/c1-20(33)38-26(25-18-22(30)24(39-25)16-12-7-5-3-4-6-8-13-17-32)27(36-2)28(34)31-23(19-37-29(31)35)21-14-10-9-11-15-21/h9-11,14-15,18,23,26-27,32H,3-8,12-13,16-17,19H2,1-2H3/t23-,26-,27+/m1/s1. The van der Waals surface area contributed by atoms with Crippen molar-refractivity contribution >= 4 is 33.9 Å². The third kappa shape index (κ3) is 8.65. The number of amides is 2. The number of furan rings is 1. The summed E-state index contributed by atoms with van der Waals surface area (Å²) in [4.78, 5) is 39.3. The van der Waals surface area contributed by atoms with Crippen LogP contribution < -0.4 is 0 Å². The molecule has 1 aromatic carbocycles. The molecule has 3 atom stereocenters. The Labute approximate surface area is 237 Å². The van der Waals surface area contributed by atoms with Crippen LogP contribution in [0.3, 0.4) is 0 Å². The number of carbonyl (C=O) groups is 3. The van der Waals surface area contributed by atoms with Crippen molar-refractivity contribution in [2.75, 3.05) is 20.3 Å². The number of aryl methyl sites for hydroxylation is 1. The van der Waals surface area contributed by atoms with Crippen molar-refractivity contribution in [3.63, 3.8) is 0 Å². The molecule has 1 aliphatic heterocycles. The van der Waals surface area contributed by atoms with Crippen LogP contribution in [0.5, 0.6) is 0 Å². The highest BCUT2D eigenvalue weighted by molar-refractivity contribution is 9.10. The minimum atomic E-state index is -1.33. The largest absolute Gasteiger partial charge is 0.461 e. The number of ether oxygens (including phenoxy) is 3. The Balaban J connectivity index is 1.69. The third-order valence-corrected chi connectivity index (χ3v) is 7.40. The molecule has 1 aliphatic rings. The molecule has 2 amide bonds. The maximum atomic E-state index is 13.7. The highest BCUT2D eigenvalue weighted by atomic mass is 79.9. The molecule has 39 heavy (non-hydrogen) atoms. The van der Waals surface area contributed by atoms with E-state index in [1.165, 1.54) is 20.5 Å². The Bertz CT molecular complexity index is 1070. The molecule has 0 radical (unpaired) electrons. The highest BCUT2D eigenvalue weighted by Crippen LogP contribution is 2.35. The van der Waals surface area contributed by atoms with Gasteiger partial charge in [0.15, 0.2) is 12.2 Å². The molecule has 1 fully saturated rings. The fourth-order valence-electron chi connectivity index (χ4n) is 4.72. The van der Waals surface area contributed by atoms with Crippen molar-refractivity contribution in [3.8, 4) is 0 Å². The van der Waals surface area contributed by atoms with E-state index in [0.717, 1.165) is 55.4 Å². The first-order valence-corrected chi connectivity index (χ1v) is 14.3. The van der Waals surface area contributed by atoms with Crippen LogP contribution in [0.2, 0.25) is 0 Å². The monoisotopic (exact) mass is 607 g/mol. The predicted molar refractivity (Wildman–Crippen MR) is 147 cm³/mol. The van der Waals surface area contributed by atoms with Gasteiger partial charge in [-0.2, -0.15) is 0 Å².